The van der Waals surface area contributed by atoms with E-state index < -0.39 is 0 Å². The molecule has 15 heavy (non-hydrogen) atoms. The van der Waals surface area contributed by atoms with Gasteiger partial charge in [0.2, 0.25) is 0 Å². The van der Waals surface area contributed by atoms with Crippen molar-refractivity contribution in [2.45, 2.75) is 31.4 Å². The van der Waals surface area contributed by atoms with E-state index in [4.69, 9.17) is 4.74 Å². The van der Waals surface area contributed by atoms with Crippen molar-refractivity contribution >= 4 is 0 Å². The van der Waals surface area contributed by atoms with Crippen LogP contribution in [0, 0.1) is 0 Å². The highest BCUT2D eigenvalue weighted by atomic mass is 16.5. The lowest BCUT2D eigenvalue weighted by atomic mass is 9.89. The Kier molecular flexibility index (Phi) is 2.98. The fourth-order valence-corrected chi connectivity index (χ4v) is 2.05. The smallest absolute Gasteiger partial charge is 0.110 e. The zero-order valence-electron chi connectivity index (χ0n) is 9.23. The molecule has 1 N–H and O–H groups in total. The van der Waals surface area contributed by atoms with Crippen LogP contribution >= 0.6 is 0 Å². The summed E-state index contributed by atoms with van der Waals surface area (Å²) in [6.07, 6.45) is 7.20. The van der Waals surface area contributed by atoms with Gasteiger partial charge in [0.1, 0.15) is 5.60 Å². The average Bonchev–Trinajstić information content (AvgIpc) is 2.30. The number of aromatic nitrogens is 2. The van der Waals surface area contributed by atoms with Crippen molar-refractivity contribution in [3.05, 3.63) is 24.3 Å². The van der Waals surface area contributed by atoms with Crippen LogP contribution in [0.2, 0.25) is 0 Å². The first-order valence-corrected chi connectivity index (χ1v) is 5.32. The Balaban J connectivity index is 2.19. The first-order chi connectivity index (χ1) is 7.24. The van der Waals surface area contributed by atoms with Gasteiger partial charge in [0.15, 0.2) is 0 Å². The molecule has 2 unspecified atom stereocenters. The van der Waals surface area contributed by atoms with E-state index in [9.17, 15) is 0 Å². The molecule has 0 saturated carbocycles. The summed E-state index contributed by atoms with van der Waals surface area (Å²) in [6, 6.07) is 0.505. The molecule has 0 bridgehead atoms. The largest absolute Gasteiger partial charge is 0.369 e. The minimum atomic E-state index is -0.291. The van der Waals surface area contributed by atoms with Crippen molar-refractivity contribution in [2.24, 2.45) is 0 Å². The van der Waals surface area contributed by atoms with E-state index in [1.54, 1.807) is 18.6 Å². The second-order valence-electron chi connectivity index (χ2n) is 4.15. The molecule has 1 aliphatic heterocycles. The maximum Gasteiger partial charge on any atom is 0.110 e. The van der Waals surface area contributed by atoms with Crippen molar-refractivity contribution in [3.63, 3.8) is 0 Å². The fraction of sp³-hybridized carbons (Fsp3) is 0.636. The maximum absolute atomic E-state index is 5.84. The van der Waals surface area contributed by atoms with Crippen LogP contribution in [0.15, 0.2) is 18.6 Å². The molecule has 2 heterocycles. The first-order valence-electron chi connectivity index (χ1n) is 5.32. The topological polar surface area (TPSA) is 47.0 Å². The molecule has 2 rings (SSSR count). The Morgan fingerprint density at radius 1 is 1.53 bits per heavy atom. The zero-order chi connectivity index (χ0) is 10.7. The molecule has 0 spiro atoms. The van der Waals surface area contributed by atoms with Crippen LogP contribution in [-0.2, 0) is 10.3 Å². The van der Waals surface area contributed by atoms with Gasteiger partial charge in [0, 0.05) is 25.0 Å². The predicted octanol–water partition coefficient (Wildman–Crippen LogP) is 1.09. The summed E-state index contributed by atoms with van der Waals surface area (Å²) in [6.45, 7) is 2.86. The van der Waals surface area contributed by atoms with Crippen molar-refractivity contribution < 1.29 is 4.74 Å². The molecular formula is C11H17N3O. The predicted molar refractivity (Wildman–Crippen MR) is 57.4 cm³/mol. The van der Waals surface area contributed by atoms with Gasteiger partial charge in [-0.25, -0.2) is 0 Å². The molecule has 0 aliphatic carbocycles. The number of nitrogens with zero attached hydrogens (tertiary/aromatic N) is 2. The summed E-state index contributed by atoms with van der Waals surface area (Å²) >= 11 is 0. The van der Waals surface area contributed by atoms with Crippen molar-refractivity contribution in [1.29, 1.82) is 0 Å². The van der Waals surface area contributed by atoms with Gasteiger partial charge in [-0.2, -0.15) is 0 Å². The number of nitrogens with one attached hydrogen (secondary N) is 1. The summed E-state index contributed by atoms with van der Waals surface area (Å²) in [5.41, 5.74) is 0.630. The molecule has 4 nitrogen and oxygen atoms in total. The van der Waals surface area contributed by atoms with E-state index in [2.05, 4.69) is 22.2 Å². The van der Waals surface area contributed by atoms with Crippen LogP contribution in [0.4, 0.5) is 0 Å². The Labute approximate surface area is 90.1 Å². The highest BCUT2D eigenvalue weighted by Gasteiger charge is 2.35. The number of ether oxygens (including phenoxy) is 1. The van der Waals surface area contributed by atoms with Gasteiger partial charge in [-0.1, -0.05) is 0 Å². The van der Waals surface area contributed by atoms with E-state index in [0.717, 1.165) is 25.1 Å². The van der Waals surface area contributed by atoms with Gasteiger partial charge < -0.3 is 10.1 Å². The van der Waals surface area contributed by atoms with Crippen molar-refractivity contribution in [3.8, 4) is 0 Å². The Morgan fingerprint density at radius 2 is 2.40 bits per heavy atom. The minimum absolute atomic E-state index is 0.291. The first kappa shape index (κ1) is 10.5. The molecule has 1 fully saturated rings. The van der Waals surface area contributed by atoms with E-state index in [1.807, 2.05) is 7.05 Å². The third kappa shape index (κ3) is 2.16. The normalized spacial score (nSPS) is 31.5. The quantitative estimate of drug-likeness (QED) is 0.788. The fourth-order valence-electron chi connectivity index (χ4n) is 2.05. The van der Waals surface area contributed by atoms with Gasteiger partial charge in [-0.3, -0.25) is 9.97 Å². The summed E-state index contributed by atoms with van der Waals surface area (Å²) in [4.78, 5) is 8.42. The highest BCUT2D eigenvalue weighted by Crippen LogP contribution is 2.32. The van der Waals surface area contributed by atoms with E-state index >= 15 is 0 Å². The van der Waals surface area contributed by atoms with Crippen molar-refractivity contribution in [2.75, 3.05) is 13.7 Å². The second kappa shape index (κ2) is 4.24. The molecule has 0 amide bonds. The zero-order valence-corrected chi connectivity index (χ0v) is 9.23. The van der Waals surface area contributed by atoms with Crippen LogP contribution in [0.3, 0.4) is 0 Å². The molecule has 4 heteroatoms. The van der Waals surface area contributed by atoms with Crippen LogP contribution in [0.1, 0.15) is 25.5 Å². The average molecular weight is 207 g/mol. The van der Waals surface area contributed by atoms with E-state index in [1.165, 1.54) is 0 Å². The Bertz CT molecular complexity index is 317. The molecular weight excluding hydrogens is 190 g/mol. The SMILES string of the molecule is CNC1CCOC(C)(c2cnccn2)C1. The molecule has 1 aromatic rings. The Hall–Kier alpha value is -1.00. The van der Waals surface area contributed by atoms with Crippen LogP contribution in [-0.4, -0.2) is 29.7 Å². The maximum atomic E-state index is 5.84. The van der Waals surface area contributed by atoms with Gasteiger partial charge >= 0.3 is 0 Å². The van der Waals surface area contributed by atoms with Gasteiger partial charge in [0.25, 0.3) is 0 Å². The van der Waals surface area contributed by atoms with E-state index in [0.29, 0.717) is 6.04 Å². The third-order valence-corrected chi connectivity index (χ3v) is 3.04. The Morgan fingerprint density at radius 3 is 3.07 bits per heavy atom. The summed E-state index contributed by atoms with van der Waals surface area (Å²) in [5, 5.41) is 3.30. The monoisotopic (exact) mass is 207 g/mol. The number of hydrogen-bond acceptors (Lipinski definition) is 4. The molecule has 1 aliphatic rings. The summed E-state index contributed by atoms with van der Waals surface area (Å²) in [5.74, 6) is 0. The summed E-state index contributed by atoms with van der Waals surface area (Å²) in [7, 11) is 1.99. The lowest BCUT2D eigenvalue weighted by molar-refractivity contribution is -0.0833. The third-order valence-electron chi connectivity index (χ3n) is 3.04. The minimum Gasteiger partial charge on any atom is -0.369 e. The number of hydrogen-bond donors (Lipinski definition) is 1. The van der Waals surface area contributed by atoms with E-state index in [-0.39, 0.29) is 5.60 Å². The molecule has 0 aromatic carbocycles. The lowest BCUT2D eigenvalue weighted by Gasteiger charge is -2.37. The van der Waals surface area contributed by atoms with Crippen molar-refractivity contribution in [1.82, 2.24) is 15.3 Å². The van der Waals surface area contributed by atoms with Crippen LogP contribution in [0.5, 0.6) is 0 Å². The van der Waals surface area contributed by atoms with Gasteiger partial charge in [-0.05, 0) is 26.8 Å². The van der Waals surface area contributed by atoms with Crippen LogP contribution in [0.25, 0.3) is 0 Å². The summed E-state index contributed by atoms with van der Waals surface area (Å²) < 4.78 is 5.84. The lowest BCUT2D eigenvalue weighted by Crippen LogP contribution is -2.43. The molecule has 0 radical (unpaired) electrons. The highest BCUT2D eigenvalue weighted by molar-refractivity contribution is 5.09. The molecule has 1 saturated heterocycles. The van der Waals surface area contributed by atoms with Crippen LogP contribution < -0.4 is 5.32 Å². The standard InChI is InChI=1S/C11H17N3O/c1-11(10-8-13-4-5-14-10)7-9(12-2)3-6-15-11/h4-5,8-9,12H,3,6-7H2,1-2H3. The number of rotatable bonds is 2. The van der Waals surface area contributed by atoms with Gasteiger partial charge in [0.05, 0.1) is 11.9 Å². The second-order valence-corrected chi connectivity index (χ2v) is 4.15. The van der Waals surface area contributed by atoms with Gasteiger partial charge in [-0.15, -0.1) is 0 Å². The molecule has 82 valence electrons. The molecule has 1 aromatic heterocycles. The molecule has 2 atom stereocenters.